The van der Waals surface area contributed by atoms with Crippen LogP contribution in [0.3, 0.4) is 0 Å². The molecule has 1 aromatic rings. The highest BCUT2D eigenvalue weighted by atomic mass is 35.5. The topological polar surface area (TPSA) is 61.9 Å². The number of carbonyl (C=O) groups is 2. The van der Waals surface area contributed by atoms with Gasteiger partial charge in [-0.3, -0.25) is 9.59 Å². The molecular weight excluding hydrogens is 354 g/mol. The maximum absolute atomic E-state index is 13.1. The lowest BCUT2D eigenvalue weighted by Crippen LogP contribution is -2.42. The SMILES string of the molecule is CC1CCN(c2ccc(NC(=O)CCl)cc2C(=O)N2CCOCC2)CC1. The Bertz CT molecular complexity index is 653. The van der Waals surface area contributed by atoms with Crippen LogP contribution in [0.25, 0.3) is 0 Å². The van der Waals surface area contributed by atoms with E-state index in [-0.39, 0.29) is 17.7 Å². The lowest BCUT2D eigenvalue weighted by molar-refractivity contribution is -0.113. The Labute approximate surface area is 159 Å². The first-order valence-corrected chi connectivity index (χ1v) is 9.73. The molecule has 26 heavy (non-hydrogen) atoms. The van der Waals surface area contributed by atoms with Crippen molar-refractivity contribution in [2.75, 3.05) is 55.5 Å². The Morgan fingerprint density at radius 2 is 1.88 bits per heavy atom. The molecule has 2 amide bonds. The third kappa shape index (κ3) is 4.48. The zero-order valence-corrected chi connectivity index (χ0v) is 15.9. The van der Waals surface area contributed by atoms with Crippen molar-refractivity contribution in [3.63, 3.8) is 0 Å². The van der Waals surface area contributed by atoms with Crippen LogP contribution in [0.15, 0.2) is 18.2 Å². The molecule has 0 spiro atoms. The van der Waals surface area contributed by atoms with E-state index < -0.39 is 0 Å². The second-order valence-corrected chi connectivity index (χ2v) is 7.26. The predicted octanol–water partition coefficient (Wildman–Crippen LogP) is 2.57. The lowest BCUT2D eigenvalue weighted by atomic mass is 9.97. The normalized spacial score (nSPS) is 18.7. The molecule has 1 N–H and O–H groups in total. The number of ether oxygens (including phenoxy) is 1. The van der Waals surface area contributed by atoms with Gasteiger partial charge in [0.1, 0.15) is 5.88 Å². The summed E-state index contributed by atoms with van der Waals surface area (Å²) in [7, 11) is 0. The molecule has 2 aliphatic rings. The predicted molar refractivity (Wildman–Crippen MR) is 103 cm³/mol. The van der Waals surface area contributed by atoms with Gasteiger partial charge in [-0.05, 0) is 37.0 Å². The van der Waals surface area contributed by atoms with Crippen molar-refractivity contribution in [3.05, 3.63) is 23.8 Å². The van der Waals surface area contributed by atoms with Crippen LogP contribution in [0.5, 0.6) is 0 Å². The Hall–Kier alpha value is -1.79. The van der Waals surface area contributed by atoms with E-state index in [0.29, 0.717) is 43.5 Å². The second-order valence-electron chi connectivity index (χ2n) is 6.99. The van der Waals surface area contributed by atoms with Crippen LogP contribution in [0.1, 0.15) is 30.1 Å². The molecule has 7 heteroatoms. The van der Waals surface area contributed by atoms with Crippen LogP contribution >= 0.6 is 11.6 Å². The first-order chi connectivity index (χ1) is 12.6. The van der Waals surface area contributed by atoms with E-state index in [4.69, 9.17) is 16.3 Å². The Morgan fingerprint density at radius 1 is 1.19 bits per heavy atom. The number of hydrogen-bond donors (Lipinski definition) is 1. The number of benzene rings is 1. The summed E-state index contributed by atoms with van der Waals surface area (Å²) in [5, 5.41) is 2.74. The van der Waals surface area contributed by atoms with E-state index in [2.05, 4.69) is 17.1 Å². The fourth-order valence-corrected chi connectivity index (χ4v) is 3.51. The van der Waals surface area contributed by atoms with E-state index >= 15 is 0 Å². The molecule has 0 unspecified atom stereocenters. The standard InChI is InChI=1S/C19H26ClN3O3/c1-14-4-6-22(7-5-14)17-3-2-15(21-18(24)13-20)12-16(17)19(25)23-8-10-26-11-9-23/h2-3,12,14H,4-11,13H2,1H3,(H,21,24). The molecule has 1 aromatic carbocycles. The van der Waals surface area contributed by atoms with Crippen LogP contribution < -0.4 is 10.2 Å². The van der Waals surface area contributed by atoms with Gasteiger partial charge in [0.05, 0.1) is 18.8 Å². The Balaban J connectivity index is 1.89. The summed E-state index contributed by atoms with van der Waals surface area (Å²) in [4.78, 5) is 28.9. The number of amides is 2. The molecule has 0 bridgehead atoms. The minimum Gasteiger partial charge on any atom is -0.378 e. The zero-order valence-electron chi connectivity index (χ0n) is 15.2. The summed E-state index contributed by atoms with van der Waals surface area (Å²) in [5.74, 6) is 0.310. The van der Waals surface area contributed by atoms with Crippen molar-refractivity contribution >= 4 is 34.8 Å². The van der Waals surface area contributed by atoms with Gasteiger partial charge < -0.3 is 19.9 Å². The number of piperidine rings is 1. The second kappa shape index (κ2) is 8.73. The van der Waals surface area contributed by atoms with Crippen LogP contribution in [-0.4, -0.2) is 62.0 Å². The van der Waals surface area contributed by atoms with Gasteiger partial charge in [-0.25, -0.2) is 0 Å². The maximum Gasteiger partial charge on any atom is 0.256 e. The summed E-state index contributed by atoms with van der Waals surface area (Å²) in [6, 6.07) is 5.55. The van der Waals surface area contributed by atoms with Crippen LogP contribution in [0.4, 0.5) is 11.4 Å². The van der Waals surface area contributed by atoms with E-state index in [1.165, 1.54) is 0 Å². The number of anilines is 2. The summed E-state index contributed by atoms with van der Waals surface area (Å²) in [6.07, 6.45) is 2.24. The third-order valence-electron chi connectivity index (χ3n) is 5.05. The number of hydrogen-bond acceptors (Lipinski definition) is 4. The van der Waals surface area contributed by atoms with Crippen molar-refractivity contribution in [2.45, 2.75) is 19.8 Å². The quantitative estimate of drug-likeness (QED) is 0.817. The van der Waals surface area contributed by atoms with E-state index in [0.717, 1.165) is 31.6 Å². The largest absolute Gasteiger partial charge is 0.378 e. The van der Waals surface area contributed by atoms with Gasteiger partial charge in [0.25, 0.3) is 5.91 Å². The summed E-state index contributed by atoms with van der Waals surface area (Å²) >= 11 is 5.58. The van der Waals surface area contributed by atoms with Crippen LogP contribution in [0.2, 0.25) is 0 Å². The highest BCUT2D eigenvalue weighted by Crippen LogP contribution is 2.30. The van der Waals surface area contributed by atoms with Crippen molar-refractivity contribution in [1.29, 1.82) is 0 Å². The molecule has 2 fully saturated rings. The molecule has 0 saturated carbocycles. The molecule has 2 saturated heterocycles. The molecule has 142 valence electrons. The molecular formula is C19H26ClN3O3. The molecule has 3 rings (SSSR count). The van der Waals surface area contributed by atoms with Crippen molar-refractivity contribution in [1.82, 2.24) is 4.90 Å². The average molecular weight is 380 g/mol. The average Bonchev–Trinajstić information content (AvgIpc) is 2.68. The lowest BCUT2D eigenvalue weighted by Gasteiger charge is -2.35. The number of nitrogens with zero attached hydrogens (tertiary/aromatic N) is 2. The third-order valence-corrected chi connectivity index (χ3v) is 5.30. The maximum atomic E-state index is 13.1. The zero-order chi connectivity index (χ0) is 18.5. The van der Waals surface area contributed by atoms with Gasteiger partial charge in [0, 0.05) is 37.6 Å². The Morgan fingerprint density at radius 3 is 2.54 bits per heavy atom. The fourth-order valence-electron chi connectivity index (χ4n) is 3.44. The van der Waals surface area contributed by atoms with Crippen molar-refractivity contribution < 1.29 is 14.3 Å². The van der Waals surface area contributed by atoms with Crippen molar-refractivity contribution in [3.8, 4) is 0 Å². The van der Waals surface area contributed by atoms with Gasteiger partial charge >= 0.3 is 0 Å². The molecule has 0 aromatic heterocycles. The Kier molecular flexibility index (Phi) is 6.38. The molecule has 0 radical (unpaired) electrons. The van der Waals surface area contributed by atoms with Crippen LogP contribution in [0, 0.1) is 5.92 Å². The summed E-state index contributed by atoms with van der Waals surface area (Å²) in [6.45, 7) is 6.45. The fraction of sp³-hybridized carbons (Fsp3) is 0.579. The summed E-state index contributed by atoms with van der Waals surface area (Å²) < 4.78 is 5.36. The number of morpholine rings is 1. The van der Waals surface area contributed by atoms with Gasteiger partial charge in [0.15, 0.2) is 0 Å². The number of carbonyl (C=O) groups excluding carboxylic acids is 2. The van der Waals surface area contributed by atoms with Crippen LogP contribution in [-0.2, 0) is 9.53 Å². The highest BCUT2D eigenvalue weighted by Gasteiger charge is 2.25. The molecule has 2 aliphatic heterocycles. The van der Waals surface area contributed by atoms with E-state index in [1.807, 2.05) is 17.0 Å². The van der Waals surface area contributed by atoms with E-state index in [1.54, 1.807) is 6.07 Å². The minimum absolute atomic E-state index is 0.0103. The monoisotopic (exact) mass is 379 g/mol. The number of alkyl halides is 1. The molecule has 2 heterocycles. The number of nitrogens with one attached hydrogen (secondary N) is 1. The van der Waals surface area contributed by atoms with Crippen molar-refractivity contribution in [2.24, 2.45) is 5.92 Å². The first kappa shape index (κ1) is 19.0. The van der Waals surface area contributed by atoms with E-state index in [9.17, 15) is 9.59 Å². The van der Waals surface area contributed by atoms with Gasteiger partial charge in [-0.2, -0.15) is 0 Å². The summed E-state index contributed by atoms with van der Waals surface area (Å²) in [5.41, 5.74) is 2.17. The highest BCUT2D eigenvalue weighted by molar-refractivity contribution is 6.29. The number of rotatable bonds is 4. The smallest absolute Gasteiger partial charge is 0.256 e. The van der Waals surface area contributed by atoms with Gasteiger partial charge in [0.2, 0.25) is 5.91 Å². The molecule has 0 aliphatic carbocycles. The number of halogens is 1. The molecule has 0 atom stereocenters. The molecule has 6 nitrogen and oxygen atoms in total. The minimum atomic E-state index is -0.281. The van der Waals surface area contributed by atoms with Gasteiger partial charge in [-0.1, -0.05) is 6.92 Å². The first-order valence-electron chi connectivity index (χ1n) is 9.20. The van der Waals surface area contributed by atoms with Gasteiger partial charge in [-0.15, -0.1) is 11.6 Å².